The van der Waals surface area contributed by atoms with Gasteiger partial charge in [-0.3, -0.25) is 10.1 Å². The Bertz CT molecular complexity index is 1490. The van der Waals surface area contributed by atoms with E-state index in [2.05, 4.69) is 36.3 Å². The molecule has 0 spiro atoms. The molecule has 10 nitrogen and oxygen atoms in total. The maximum atomic E-state index is 14.0. The summed E-state index contributed by atoms with van der Waals surface area (Å²) in [6.45, 7) is 0.369. The molecule has 1 aliphatic heterocycles. The van der Waals surface area contributed by atoms with Crippen LogP contribution in [-0.2, 0) is 11.3 Å². The van der Waals surface area contributed by atoms with Crippen molar-refractivity contribution in [1.82, 2.24) is 30.2 Å². The molecule has 3 aromatic heterocycles. The van der Waals surface area contributed by atoms with Crippen LogP contribution >= 0.6 is 11.3 Å². The van der Waals surface area contributed by atoms with Crippen molar-refractivity contribution in [3.63, 3.8) is 0 Å². The van der Waals surface area contributed by atoms with Crippen LogP contribution in [0.3, 0.4) is 0 Å². The van der Waals surface area contributed by atoms with Crippen LogP contribution < -0.4 is 21.3 Å². The molecule has 12 heteroatoms. The third-order valence-electron chi connectivity index (χ3n) is 5.67. The minimum atomic E-state index is -0.577. The molecule has 35 heavy (non-hydrogen) atoms. The van der Waals surface area contributed by atoms with E-state index in [4.69, 9.17) is 0 Å². The van der Waals surface area contributed by atoms with Crippen LogP contribution in [0.2, 0.25) is 0 Å². The largest absolute Gasteiger partial charge is 0.351 e. The lowest BCUT2D eigenvalue weighted by atomic mass is 10.0. The molecule has 2 aliphatic rings. The Kier molecular flexibility index (Phi) is 5.14. The Morgan fingerprint density at radius 1 is 1.20 bits per heavy atom. The van der Waals surface area contributed by atoms with E-state index >= 15 is 0 Å². The van der Waals surface area contributed by atoms with Crippen LogP contribution in [0.25, 0.3) is 22.9 Å². The number of amides is 3. The van der Waals surface area contributed by atoms with Crippen molar-refractivity contribution in [2.24, 2.45) is 0 Å². The Morgan fingerprint density at radius 2 is 2.09 bits per heavy atom. The number of thiophene rings is 1. The highest BCUT2D eigenvalue weighted by atomic mass is 32.1. The first-order valence-corrected chi connectivity index (χ1v) is 11.9. The number of aromatic nitrogens is 4. The first kappa shape index (κ1) is 21.2. The third-order valence-corrected chi connectivity index (χ3v) is 6.35. The highest BCUT2D eigenvalue weighted by Crippen LogP contribution is 2.28. The van der Waals surface area contributed by atoms with Gasteiger partial charge in [0.05, 0.1) is 6.20 Å². The fourth-order valence-corrected chi connectivity index (χ4v) is 4.44. The lowest BCUT2D eigenvalue weighted by Crippen LogP contribution is -2.22. The van der Waals surface area contributed by atoms with Crippen molar-refractivity contribution in [1.29, 1.82) is 0 Å². The van der Waals surface area contributed by atoms with Gasteiger partial charge in [-0.05, 0) is 64.6 Å². The Labute approximate surface area is 202 Å². The van der Waals surface area contributed by atoms with Gasteiger partial charge < -0.3 is 16.0 Å². The number of carbonyl (C=O) groups excluding carboxylic acids is 2. The lowest BCUT2D eigenvalue weighted by molar-refractivity contribution is -0.115. The van der Waals surface area contributed by atoms with Gasteiger partial charge in [0.15, 0.2) is 5.65 Å². The Hall–Kier alpha value is -4.32. The van der Waals surface area contributed by atoms with Gasteiger partial charge in [-0.15, -0.1) is 0 Å². The number of nitrogens with one attached hydrogen (secondary N) is 4. The van der Waals surface area contributed by atoms with Crippen molar-refractivity contribution in [3.8, 4) is 11.1 Å². The van der Waals surface area contributed by atoms with Crippen LogP contribution in [-0.4, -0.2) is 37.6 Å². The van der Waals surface area contributed by atoms with E-state index in [0.717, 1.165) is 29.5 Å². The number of anilines is 2. The van der Waals surface area contributed by atoms with Crippen molar-refractivity contribution in [2.45, 2.75) is 25.4 Å². The van der Waals surface area contributed by atoms with Gasteiger partial charge in [-0.2, -0.15) is 30.9 Å². The van der Waals surface area contributed by atoms with E-state index in [-0.39, 0.29) is 11.5 Å². The molecule has 0 bridgehead atoms. The molecular formula is C23H19FN8O2S. The molecule has 2 fully saturated rings. The van der Waals surface area contributed by atoms with E-state index in [1.807, 2.05) is 16.8 Å². The molecule has 1 saturated carbocycles. The highest BCUT2D eigenvalue weighted by molar-refractivity contribution is 7.08. The molecule has 1 aliphatic carbocycles. The van der Waals surface area contributed by atoms with E-state index in [9.17, 15) is 14.0 Å². The van der Waals surface area contributed by atoms with Crippen LogP contribution in [0.1, 0.15) is 24.0 Å². The van der Waals surface area contributed by atoms with Gasteiger partial charge in [-0.25, -0.2) is 9.18 Å². The second-order valence-corrected chi connectivity index (χ2v) is 9.04. The van der Waals surface area contributed by atoms with Crippen molar-refractivity contribution in [3.05, 3.63) is 63.9 Å². The molecule has 3 amide bonds. The molecule has 0 radical (unpaired) electrons. The average Bonchev–Trinajstić information content (AvgIpc) is 3.19. The number of hydrogen-bond acceptors (Lipinski definition) is 8. The number of benzene rings is 1. The highest BCUT2D eigenvalue weighted by Gasteiger charge is 2.26. The summed E-state index contributed by atoms with van der Waals surface area (Å²) >= 11 is 1.55. The van der Waals surface area contributed by atoms with Crippen LogP contribution in [0.5, 0.6) is 0 Å². The number of hydrogen-bond donors (Lipinski definition) is 4. The normalized spacial score (nSPS) is 16.5. The quantitative estimate of drug-likeness (QED) is 0.231. The number of carbonyl (C=O) groups is 2. The minimum absolute atomic E-state index is 0.112. The molecule has 4 heterocycles. The zero-order valence-corrected chi connectivity index (χ0v) is 19.0. The van der Waals surface area contributed by atoms with Crippen LogP contribution in [0.4, 0.5) is 21.1 Å². The molecule has 176 valence electrons. The standard InChI is InChI=1S/C23H19FN8O2S/c24-15-2-1-12(17(8-15)13-5-6-35-11-13)9-25-21-29-19-14(7-18-20(33)30-23(34)28-18)10-26-32(19)22(31-21)27-16-3-4-16/h1-2,5-8,10-11,16H,3-4,9H2,(H2,25,27,29,31)(H2,28,30,33,34)/b18-7-. The second kappa shape index (κ2) is 8.47. The summed E-state index contributed by atoms with van der Waals surface area (Å²) in [7, 11) is 0. The summed E-state index contributed by atoms with van der Waals surface area (Å²) < 4.78 is 15.5. The number of halogens is 1. The predicted octanol–water partition coefficient (Wildman–Crippen LogP) is 3.36. The molecule has 4 aromatic rings. The van der Waals surface area contributed by atoms with E-state index < -0.39 is 11.9 Å². The molecule has 0 atom stereocenters. The van der Waals surface area contributed by atoms with Crippen LogP contribution in [0, 0.1) is 5.82 Å². The summed E-state index contributed by atoms with van der Waals surface area (Å²) in [6, 6.07) is 6.38. The number of imide groups is 1. The third kappa shape index (κ3) is 4.30. The molecule has 6 rings (SSSR count). The van der Waals surface area contributed by atoms with Crippen LogP contribution in [0.15, 0.2) is 46.9 Å². The maximum Gasteiger partial charge on any atom is 0.326 e. The van der Waals surface area contributed by atoms with Gasteiger partial charge in [-0.1, -0.05) is 6.07 Å². The summed E-state index contributed by atoms with van der Waals surface area (Å²) in [5.74, 6) is 0.0434. The zero-order chi connectivity index (χ0) is 23.9. The topological polar surface area (TPSA) is 125 Å². The van der Waals surface area contributed by atoms with Crippen molar-refractivity contribution < 1.29 is 14.0 Å². The molecule has 0 unspecified atom stereocenters. The summed E-state index contributed by atoms with van der Waals surface area (Å²) in [6.07, 6.45) is 5.16. The van der Waals surface area contributed by atoms with E-state index in [1.165, 1.54) is 18.2 Å². The maximum absolute atomic E-state index is 14.0. The SMILES string of the molecule is O=C1NC(=O)/C(=C/c2cnn3c(NC4CC4)nc(NCc4ccc(F)cc4-c4ccsc4)nc23)N1. The fraction of sp³-hybridized carbons (Fsp3) is 0.174. The first-order chi connectivity index (χ1) is 17.0. The van der Waals surface area contributed by atoms with E-state index in [1.54, 1.807) is 28.1 Å². The van der Waals surface area contributed by atoms with Gasteiger partial charge in [0.1, 0.15) is 11.5 Å². The minimum Gasteiger partial charge on any atom is -0.351 e. The Morgan fingerprint density at radius 3 is 2.83 bits per heavy atom. The molecule has 4 N–H and O–H groups in total. The average molecular weight is 491 g/mol. The zero-order valence-electron chi connectivity index (χ0n) is 18.2. The number of rotatable bonds is 7. The Balaban J connectivity index is 1.35. The molecular weight excluding hydrogens is 471 g/mol. The van der Waals surface area contributed by atoms with Gasteiger partial charge >= 0.3 is 6.03 Å². The smallest absolute Gasteiger partial charge is 0.326 e. The number of nitrogens with zero attached hydrogens (tertiary/aromatic N) is 4. The fourth-order valence-electron chi connectivity index (χ4n) is 3.78. The monoisotopic (exact) mass is 490 g/mol. The molecule has 1 aromatic carbocycles. The second-order valence-electron chi connectivity index (χ2n) is 8.26. The lowest BCUT2D eigenvalue weighted by Gasteiger charge is -2.12. The van der Waals surface area contributed by atoms with Gasteiger partial charge in [0, 0.05) is 18.2 Å². The summed E-state index contributed by atoms with van der Waals surface area (Å²) in [5, 5.41) is 19.5. The predicted molar refractivity (Wildman–Crippen MR) is 129 cm³/mol. The van der Waals surface area contributed by atoms with Gasteiger partial charge in [0.2, 0.25) is 11.9 Å². The molecule has 1 saturated heterocycles. The summed E-state index contributed by atoms with van der Waals surface area (Å²) in [5.41, 5.74) is 3.76. The number of fused-ring (bicyclic) bond motifs is 1. The van der Waals surface area contributed by atoms with Crippen molar-refractivity contribution >= 4 is 46.9 Å². The van der Waals surface area contributed by atoms with Crippen molar-refractivity contribution in [2.75, 3.05) is 10.6 Å². The van der Waals surface area contributed by atoms with Gasteiger partial charge in [0.25, 0.3) is 5.91 Å². The van der Waals surface area contributed by atoms with E-state index in [0.29, 0.717) is 35.7 Å². The first-order valence-electron chi connectivity index (χ1n) is 10.9. The number of urea groups is 1. The summed E-state index contributed by atoms with van der Waals surface area (Å²) in [4.78, 5) is 32.7.